The summed E-state index contributed by atoms with van der Waals surface area (Å²) in [7, 11) is 0. The van der Waals surface area contributed by atoms with Gasteiger partial charge in [-0.05, 0) is 70.8 Å². The van der Waals surface area contributed by atoms with Crippen molar-refractivity contribution in [3.8, 4) is 11.5 Å². The van der Waals surface area contributed by atoms with Crippen molar-refractivity contribution in [1.82, 2.24) is 35.1 Å². The van der Waals surface area contributed by atoms with E-state index in [9.17, 15) is 14.0 Å². The molecule has 6 rings (SSSR count). The minimum absolute atomic E-state index is 0.0286. The van der Waals surface area contributed by atoms with Crippen LogP contribution in [-0.2, 0) is 11.3 Å². The lowest BCUT2D eigenvalue weighted by Gasteiger charge is -2.27. The van der Waals surface area contributed by atoms with E-state index in [1.165, 1.54) is 12.1 Å². The molecule has 0 radical (unpaired) electrons. The van der Waals surface area contributed by atoms with Crippen LogP contribution in [-0.4, -0.2) is 56.2 Å². The molecule has 246 valence electrons. The summed E-state index contributed by atoms with van der Waals surface area (Å²) in [5, 5.41) is 9.87. The first-order chi connectivity index (χ1) is 21.9. The lowest BCUT2D eigenvalue weighted by Crippen LogP contribution is -2.52. The van der Waals surface area contributed by atoms with E-state index in [1.54, 1.807) is 0 Å². The summed E-state index contributed by atoms with van der Waals surface area (Å²) in [6.07, 6.45) is 3.86. The highest BCUT2D eigenvalue weighted by atomic mass is 19.1. The predicted molar refractivity (Wildman–Crippen MR) is 176 cm³/mol. The average Bonchev–Trinajstić information content (AvgIpc) is 3.56. The van der Waals surface area contributed by atoms with Crippen LogP contribution < -0.4 is 16.0 Å². The van der Waals surface area contributed by atoms with Gasteiger partial charge in [0.25, 0.3) is 5.91 Å². The molecule has 0 spiro atoms. The van der Waals surface area contributed by atoms with Gasteiger partial charge in [-0.25, -0.2) is 18.7 Å². The predicted octanol–water partition coefficient (Wildman–Crippen LogP) is 6.37. The summed E-state index contributed by atoms with van der Waals surface area (Å²) >= 11 is 0. The molecule has 0 saturated carbocycles. The first-order valence-electron chi connectivity index (χ1n) is 16.6. The molecular weight excluding hydrogens is 588 g/mol. The summed E-state index contributed by atoms with van der Waals surface area (Å²) in [5.74, 6) is -0.642. The van der Waals surface area contributed by atoms with Gasteiger partial charge in [0.05, 0.1) is 40.1 Å². The first-order valence-corrected chi connectivity index (χ1v) is 16.6. The minimum atomic E-state index is -1.19. The van der Waals surface area contributed by atoms with E-state index in [0.29, 0.717) is 36.4 Å². The van der Waals surface area contributed by atoms with Crippen LogP contribution in [0.25, 0.3) is 33.6 Å². The zero-order valence-electron chi connectivity index (χ0n) is 27.4. The SMILES string of the molecule is CC(C)n1c(-c2cc3ccc4nc3n2CCCCCCC(C)(C)C(=O)N[C@@H]4C)nc2cc(C(=O)N[C@H]3CNCC[C@@H]3F)c(F)cc21. The van der Waals surface area contributed by atoms with Crippen molar-refractivity contribution in [3.05, 3.63) is 47.4 Å². The Morgan fingerprint density at radius 1 is 1.11 bits per heavy atom. The van der Waals surface area contributed by atoms with Gasteiger partial charge >= 0.3 is 0 Å². The second-order valence-electron chi connectivity index (χ2n) is 13.9. The number of amides is 2. The average molecular weight is 634 g/mol. The van der Waals surface area contributed by atoms with E-state index in [4.69, 9.17) is 9.97 Å². The summed E-state index contributed by atoms with van der Waals surface area (Å²) < 4.78 is 34.2. The number of imidazole rings is 1. The molecule has 3 N–H and O–H groups in total. The quantitative estimate of drug-likeness (QED) is 0.242. The number of hydrogen-bond donors (Lipinski definition) is 3. The van der Waals surface area contributed by atoms with Gasteiger partial charge in [-0.15, -0.1) is 0 Å². The molecule has 1 saturated heterocycles. The van der Waals surface area contributed by atoms with E-state index in [1.807, 2.05) is 51.3 Å². The number of alkyl halides is 1. The van der Waals surface area contributed by atoms with Gasteiger partial charge in [-0.3, -0.25) is 9.59 Å². The number of rotatable bonds is 4. The maximum Gasteiger partial charge on any atom is 0.254 e. The number of pyridine rings is 1. The monoisotopic (exact) mass is 633 g/mol. The third-order valence-corrected chi connectivity index (χ3v) is 9.59. The largest absolute Gasteiger partial charge is 0.348 e. The minimum Gasteiger partial charge on any atom is -0.348 e. The molecule has 46 heavy (non-hydrogen) atoms. The number of halogens is 2. The standard InChI is InChI=1S/C35H45F2N7O2/c1-20(2)44-29-18-25(37)23(33(45)42-28-19-38-14-12-24(28)36)17-27(29)41-32(44)30-16-22-10-11-26-21(3)39-34(46)35(4,5)13-8-6-7-9-15-43(30)31(22)40-26/h10-11,16-18,20-21,24,28,38H,6-9,12-15,19H2,1-5H3,(H,39,46)(H,42,45)/t21-,24+,28+/m1/s1. The Morgan fingerprint density at radius 3 is 2.65 bits per heavy atom. The Morgan fingerprint density at radius 2 is 1.89 bits per heavy atom. The lowest BCUT2D eigenvalue weighted by atomic mass is 9.85. The third kappa shape index (κ3) is 6.13. The lowest BCUT2D eigenvalue weighted by molar-refractivity contribution is -0.130. The fraction of sp³-hybridized carbons (Fsp3) is 0.543. The zero-order chi connectivity index (χ0) is 32.7. The van der Waals surface area contributed by atoms with E-state index in [2.05, 4.69) is 26.6 Å². The molecule has 9 nitrogen and oxygen atoms in total. The molecule has 2 aliphatic heterocycles. The van der Waals surface area contributed by atoms with Crippen molar-refractivity contribution >= 4 is 33.9 Å². The zero-order valence-corrected chi connectivity index (χ0v) is 27.4. The maximum absolute atomic E-state index is 15.6. The van der Waals surface area contributed by atoms with Crippen molar-refractivity contribution in [1.29, 1.82) is 0 Å². The molecule has 5 heterocycles. The summed E-state index contributed by atoms with van der Waals surface area (Å²) in [6, 6.07) is 7.83. The molecule has 3 aromatic heterocycles. The van der Waals surface area contributed by atoms with Crippen LogP contribution in [0.1, 0.15) is 101 Å². The number of nitrogens with zero attached hydrogens (tertiary/aromatic N) is 4. The highest BCUT2D eigenvalue weighted by Crippen LogP contribution is 2.35. The molecule has 11 heteroatoms. The van der Waals surface area contributed by atoms with Crippen LogP contribution in [0.2, 0.25) is 0 Å². The second kappa shape index (κ2) is 12.7. The number of piperidine rings is 1. The van der Waals surface area contributed by atoms with Crippen molar-refractivity contribution in [2.75, 3.05) is 13.1 Å². The molecule has 3 atom stereocenters. The maximum atomic E-state index is 15.6. The number of nitrogens with one attached hydrogen (secondary N) is 3. The van der Waals surface area contributed by atoms with Crippen molar-refractivity contribution < 1.29 is 18.4 Å². The highest BCUT2D eigenvalue weighted by Gasteiger charge is 2.30. The Labute approximate surface area is 268 Å². The van der Waals surface area contributed by atoms with Crippen molar-refractivity contribution in [3.63, 3.8) is 0 Å². The van der Waals surface area contributed by atoms with Gasteiger partial charge in [0.15, 0.2) is 5.82 Å². The number of hydrogen-bond acceptors (Lipinski definition) is 5. The van der Waals surface area contributed by atoms with Crippen LogP contribution in [0.3, 0.4) is 0 Å². The molecule has 1 fully saturated rings. The van der Waals surface area contributed by atoms with Gasteiger partial charge in [0.2, 0.25) is 5.91 Å². The number of fused-ring (bicyclic) bond motifs is 2. The normalized spacial score (nSPS) is 22.7. The first kappa shape index (κ1) is 32.1. The van der Waals surface area contributed by atoms with Crippen LogP contribution in [0, 0.1) is 11.2 Å². The number of carbonyl (C=O) groups excluding carboxylic acids is 2. The summed E-state index contributed by atoms with van der Waals surface area (Å²) in [6.45, 7) is 11.6. The van der Waals surface area contributed by atoms with Crippen LogP contribution >= 0.6 is 0 Å². The van der Waals surface area contributed by atoms with Gasteiger partial charge in [-0.2, -0.15) is 0 Å². The van der Waals surface area contributed by atoms with Crippen LogP contribution in [0.4, 0.5) is 8.78 Å². The summed E-state index contributed by atoms with van der Waals surface area (Å²) in [5.41, 5.74) is 2.90. The fourth-order valence-corrected chi connectivity index (χ4v) is 6.77. The molecule has 2 bridgehead atoms. The Hall–Kier alpha value is -3.86. The Balaban J connectivity index is 1.43. The van der Waals surface area contributed by atoms with Gasteiger partial charge in [-0.1, -0.05) is 33.1 Å². The highest BCUT2D eigenvalue weighted by molar-refractivity contribution is 5.98. The molecule has 0 aliphatic carbocycles. The van der Waals surface area contributed by atoms with E-state index >= 15 is 4.39 Å². The molecule has 1 aromatic carbocycles. The Kier molecular flexibility index (Phi) is 8.89. The molecule has 2 aliphatic rings. The molecule has 4 aromatic rings. The molecule has 0 unspecified atom stereocenters. The number of aromatic nitrogens is 4. The van der Waals surface area contributed by atoms with E-state index < -0.39 is 29.4 Å². The van der Waals surface area contributed by atoms with Gasteiger partial charge in [0, 0.05) is 36.0 Å². The van der Waals surface area contributed by atoms with Crippen molar-refractivity contribution in [2.45, 2.75) is 104 Å². The Bertz CT molecular complexity index is 1780. The van der Waals surface area contributed by atoms with Crippen molar-refractivity contribution in [2.24, 2.45) is 5.41 Å². The number of aryl methyl sites for hydroxylation is 1. The molecule has 2 amide bonds. The van der Waals surface area contributed by atoms with E-state index in [0.717, 1.165) is 61.1 Å². The smallest absolute Gasteiger partial charge is 0.254 e. The van der Waals surface area contributed by atoms with Gasteiger partial charge < -0.3 is 25.1 Å². The summed E-state index contributed by atoms with van der Waals surface area (Å²) in [4.78, 5) is 36.3. The van der Waals surface area contributed by atoms with Crippen LogP contribution in [0.5, 0.6) is 0 Å². The number of benzene rings is 1. The third-order valence-electron chi connectivity index (χ3n) is 9.59. The number of carbonyl (C=O) groups is 2. The van der Waals surface area contributed by atoms with E-state index in [-0.39, 0.29) is 23.6 Å². The van der Waals surface area contributed by atoms with Crippen LogP contribution in [0.15, 0.2) is 30.3 Å². The van der Waals surface area contributed by atoms with Gasteiger partial charge in [0.1, 0.15) is 17.6 Å². The second-order valence-corrected chi connectivity index (χ2v) is 13.9. The molecular formula is C35H45F2N7O2. The fourth-order valence-electron chi connectivity index (χ4n) is 6.77. The topological polar surface area (TPSA) is 106 Å².